The number of hydrogen-bond donors (Lipinski definition) is 2. The molecule has 294 valence electrons. The highest BCUT2D eigenvalue weighted by molar-refractivity contribution is 6.40. The first-order valence-electron chi connectivity index (χ1n) is 19.9. The number of unbranched alkanes of at least 4 members (excludes halogenated alkanes) is 1. The number of fused-ring (bicyclic) bond motifs is 1. The van der Waals surface area contributed by atoms with Crippen LogP contribution in [0.15, 0.2) is 60.9 Å². The molecule has 10 nitrogen and oxygen atoms in total. The van der Waals surface area contributed by atoms with Gasteiger partial charge in [-0.15, -0.1) is 0 Å². The first-order valence-corrected chi connectivity index (χ1v) is 20.6. The Kier molecular flexibility index (Phi) is 12.7. The lowest BCUT2D eigenvalue weighted by Crippen LogP contribution is -2.37. The Balaban J connectivity index is 1.00. The maximum absolute atomic E-state index is 13.6. The molecule has 0 unspecified atom stereocenters. The third-order valence-corrected chi connectivity index (χ3v) is 12.2. The van der Waals surface area contributed by atoms with Gasteiger partial charge >= 0.3 is 0 Å². The van der Waals surface area contributed by atoms with Gasteiger partial charge < -0.3 is 15.5 Å². The van der Waals surface area contributed by atoms with Gasteiger partial charge in [0.05, 0.1) is 21.4 Å². The number of amides is 3. The molecular weight excluding hydrogens is 745 g/mol. The summed E-state index contributed by atoms with van der Waals surface area (Å²) < 4.78 is 0. The summed E-state index contributed by atoms with van der Waals surface area (Å²) in [7, 11) is 3.57. The molecule has 1 saturated carbocycles. The van der Waals surface area contributed by atoms with Crippen molar-refractivity contribution in [3.05, 3.63) is 105 Å². The van der Waals surface area contributed by atoms with E-state index in [-0.39, 0.29) is 17.7 Å². The van der Waals surface area contributed by atoms with E-state index < -0.39 is 0 Å². The van der Waals surface area contributed by atoms with Crippen molar-refractivity contribution in [2.45, 2.75) is 89.8 Å². The van der Waals surface area contributed by atoms with Crippen molar-refractivity contribution in [2.24, 2.45) is 0 Å². The van der Waals surface area contributed by atoms with Crippen LogP contribution in [0.5, 0.6) is 0 Å². The normalized spacial score (nSPS) is 17.3. The van der Waals surface area contributed by atoms with E-state index in [0.29, 0.717) is 62.3 Å². The van der Waals surface area contributed by atoms with Crippen molar-refractivity contribution in [1.29, 1.82) is 0 Å². The van der Waals surface area contributed by atoms with E-state index in [4.69, 9.17) is 23.2 Å². The summed E-state index contributed by atoms with van der Waals surface area (Å²) in [5.74, 6) is -0.0505. The average molecular weight is 797 g/mol. The number of anilines is 2. The zero-order valence-corrected chi connectivity index (χ0v) is 34.1. The van der Waals surface area contributed by atoms with Crippen LogP contribution in [0.3, 0.4) is 0 Å². The van der Waals surface area contributed by atoms with Gasteiger partial charge in [-0.05, 0) is 117 Å². The van der Waals surface area contributed by atoms with Crippen LogP contribution in [0.1, 0.15) is 107 Å². The number of piperidine rings is 1. The minimum Gasteiger partial charge on any atom is -0.349 e. The zero-order chi connectivity index (χ0) is 39.3. The van der Waals surface area contributed by atoms with E-state index in [1.807, 2.05) is 36.5 Å². The Hall–Kier alpha value is -4.35. The second-order valence-electron chi connectivity index (χ2n) is 15.7. The van der Waals surface area contributed by atoms with Gasteiger partial charge in [0.1, 0.15) is 11.4 Å². The average Bonchev–Trinajstić information content (AvgIpc) is 4.05. The minimum atomic E-state index is -0.360. The van der Waals surface area contributed by atoms with Crippen LogP contribution in [-0.2, 0) is 24.3 Å². The fourth-order valence-electron chi connectivity index (χ4n) is 7.84. The van der Waals surface area contributed by atoms with Crippen LogP contribution in [0.2, 0.25) is 10.0 Å². The number of halogens is 2. The maximum atomic E-state index is 13.6. The molecule has 2 fully saturated rings. The van der Waals surface area contributed by atoms with E-state index in [2.05, 4.69) is 37.3 Å². The second-order valence-corrected chi connectivity index (χ2v) is 16.5. The highest BCUT2D eigenvalue weighted by Gasteiger charge is 2.29. The summed E-state index contributed by atoms with van der Waals surface area (Å²) in [5.41, 5.74) is 7.43. The first kappa shape index (κ1) is 39.9. The van der Waals surface area contributed by atoms with Crippen LogP contribution in [0.4, 0.5) is 11.4 Å². The highest BCUT2D eigenvalue weighted by atomic mass is 35.5. The largest absolute Gasteiger partial charge is 0.349 e. The molecule has 2 N–H and O–H groups in total. The number of aromatic nitrogens is 2. The van der Waals surface area contributed by atoms with Gasteiger partial charge in [0.25, 0.3) is 11.8 Å². The lowest BCUT2D eigenvalue weighted by atomic mass is 9.99. The van der Waals surface area contributed by atoms with E-state index >= 15 is 0 Å². The van der Waals surface area contributed by atoms with Gasteiger partial charge in [0.2, 0.25) is 5.91 Å². The van der Waals surface area contributed by atoms with E-state index in [1.165, 1.54) is 30.4 Å². The molecule has 2 aliphatic heterocycles. The third-order valence-electron chi connectivity index (χ3n) is 11.4. The van der Waals surface area contributed by atoms with Gasteiger partial charge in [-0.2, -0.15) is 0 Å². The Morgan fingerprint density at radius 3 is 2.12 bits per heavy atom. The van der Waals surface area contributed by atoms with Gasteiger partial charge in [-0.3, -0.25) is 34.2 Å². The van der Waals surface area contributed by atoms with Crippen LogP contribution in [0.25, 0.3) is 11.1 Å². The number of likely N-dealkylation sites (tertiary alicyclic amines) is 1. The summed E-state index contributed by atoms with van der Waals surface area (Å²) >= 11 is 13.9. The first-order chi connectivity index (χ1) is 27.0. The number of nitrogens with zero attached hydrogens (tertiary/aromatic N) is 5. The minimum absolute atomic E-state index is 0.158. The summed E-state index contributed by atoms with van der Waals surface area (Å²) in [6, 6.07) is 15.2. The number of pyridine rings is 2. The Labute approximate surface area is 340 Å². The molecule has 0 radical (unpaired) electrons. The van der Waals surface area contributed by atoms with Gasteiger partial charge in [0, 0.05) is 69.7 Å². The molecule has 2 aromatic carbocycles. The molecular formula is C44H51Cl2N7O3. The standard InChI is InChI=1S/C44H51Cl2N7O3/c1-28-10-4-7-20-53(28)27-32-25-48-39(23-35(32)29-16-17-29)44(56)50-37-14-9-12-34(42(37)46)33-11-8-13-36(41(33)45)49-43(55)38-22-30-18-21-52(26-31(30)24-47-38)19-6-5-15-40(54)51(2)3/h8-9,11-14,22-25,28-29H,4-7,10,15-21,26-27H2,1-3H3,(H,49,55)(H,50,56)/t28-/m1/s1. The monoisotopic (exact) mass is 795 g/mol. The molecule has 1 aliphatic carbocycles. The fraction of sp³-hybridized carbons (Fsp3) is 0.432. The van der Waals surface area contributed by atoms with Crippen LogP contribution in [0, 0.1) is 0 Å². The van der Waals surface area contributed by atoms with Crippen LogP contribution in [-0.4, -0.2) is 82.2 Å². The smallest absolute Gasteiger partial charge is 0.274 e. The molecule has 0 spiro atoms. The molecule has 7 rings (SSSR count). The lowest BCUT2D eigenvalue weighted by molar-refractivity contribution is -0.128. The lowest BCUT2D eigenvalue weighted by Gasteiger charge is -2.33. The van der Waals surface area contributed by atoms with Gasteiger partial charge in [0.15, 0.2) is 0 Å². The molecule has 2 aromatic heterocycles. The Morgan fingerprint density at radius 2 is 1.48 bits per heavy atom. The van der Waals surface area contributed by atoms with Crippen molar-refractivity contribution in [3.63, 3.8) is 0 Å². The predicted octanol–water partition coefficient (Wildman–Crippen LogP) is 8.82. The molecule has 4 heterocycles. The molecule has 3 aliphatic rings. The molecule has 3 amide bonds. The molecule has 1 atom stereocenters. The summed E-state index contributed by atoms with van der Waals surface area (Å²) in [5, 5.41) is 6.58. The number of carbonyl (C=O) groups is 3. The van der Waals surface area contributed by atoms with E-state index in [1.54, 1.807) is 43.4 Å². The van der Waals surface area contributed by atoms with Crippen molar-refractivity contribution in [3.8, 4) is 11.1 Å². The summed E-state index contributed by atoms with van der Waals surface area (Å²) in [4.78, 5) is 54.6. The third kappa shape index (κ3) is 9.43. The van der Waals surface area contributed by atoms with Gasteiger partial charge in [-0.25, -0.2) is 0 Å². The zero-order valence-electron chi connectivity index (χ0n) is 32.5. The SMILES string of the molecule is C[C@@H]1CCCCN1Cc1cnc(C(=O)Nc2cccc(-c3cccc(NC(=O)c4cc5c(cn4)CN(CCCCC(=O)N(C)C)CC5)c3Cl)c2Cl)cc1C1CC1. The topological polar surface area (TPSA) is 111 Å². The van der Waals surface area contributed by atoms with Crippen LogP contribution < -0.4 is 10.6 Å². The Morgan fingerprint density at radius 1 is 0.821 bits per heavy atom. The van der Waals surface area contributed by atoms with Crippen LogP contribution >= 0.6 is 23.2 Å². The number of rotatable bonds is 13. The van der Waals surface area contributed by atoms with Crippen molar-refractivity contribution in [1.82, 2.24) is 24.7 Å². The van der Waals surface area contributed by atoms with Crippen molar-refractivity contribution >= 4 is 52.3 Å². The van der Waals surface area contributed by atoms with Crippen molar-refractivity contribution < 1.29 is 14.4 Å². The second kappa shape index (κ2) is 17.8. The maximum Gasteiger partial charge on any atom is 0.274 e. The molecule has 56 heavy (non-hydrogen) atoms. The van der Waals surface area contributed by atoms with Crippen molar-refractivity contribution in [2.75, 3.05) is 44.4 Å². The number of benzene rings is 2. The highest BCUT2D eigenvalue weighted by Crippen LogP contribution is 2.43. The fourth-order valence-corrected chi connectivity index (χ4v) is 8.39. The molecule has 12 heteroatoms. The van der Waals surface area contributed by atoms with Gasteiger partial charge in [-0.1, -0.05) is 53.9 Å². The Bertz CT molecular complexity index is 2100. The molecule has 1 saturated heterocycles. The van der Waals surface area contributed by atoms with E-state index in [0.717, 1.165) is 76.0 Å². The summed E-state index contributed by atoms with van der Waals surface area (Å²) in [6.07, 6.45) is 12.9. The summed E-state index contributed by atoms with van der Waals surface area (Å²) in [6.45, 7) is 6.83. The quantitative estimate of drug-likeness (QED) is 0.130. The van der Waals surface area contributed by atoms with E-state index in [9.17, 15) is 14.4 Å². The predicted molar refractivity (Wildman–Crippen MR) is 224 cm³/mol. The number of nitrogens with one attached hydrogen (secondary N) is 2. The number of carbonyl (C=O) groups excluding carboxylic acids is 3. The molecule has 4 aromatic rings. The molecule has 0 bridgehead atoms. The number of hydrogen-bond acceptors (Lipinski definition) is 7.